The van der Waals surface area contributed by atoms with Crippen LogP contribution in [-0.2, 0) is 12.1 Å². The summed E-state index contributed by atoms with van der Waals surface area (Å²) in [4.78, 5) is 16.4. The van der Waals surface area contributed by atoms with Crippen LogP contribution in [0.3, 0.4) is 0 Å². The van der Waals surface area contributed by atoms with E-state index in [1.165, 1.54) is 0 Å². The number of benzene rings is 1. The van der Waals surface area contributed by atoms with Gasteiger partial charge >= 0.3 is 5.56 Å². The molecule has 0 aliphatic carbocycles. The van der Waals surface area contributed by atoms with Crippen LogP contribution >= 0.6 is 0 Å². The minimum Gasteiger partial charge on any atom is -0.435 e. The van der Waals surface area contributed by atoms with Crippen LogP contribution in [0.5, 0.6) is 11.6 Å². The van der Waals surface area contributed by atoms with E-state index < -0.39 is 0 Å². The summed E-state index contributed by atoms with van der Waals surface area (Å²) in [6.45, 7) is 6.68. The van der Waals surface area contributed by atoms with Crippen LogP contribution in [0, 0.1) is 0 Å². The summed E-state index contributed by atoms with van der Waals surface area (Å²) >= 11 is 0. The molecule has 112 valence electrons. The van der Waals surface area contributed by atoms with Crippen molar-refractivity contribution in [2.75, 3.05) is 7.05 Å². The Bertz CT molecular complexity index is 654. The second kappa shape index (κ2) is 6.10. The van der Waals surface area contributed by atoms with Crippen LogP contribution in [0.15, 0.2) is 41.5 Å². The number of rotatable bonds is 4. The van der Waals surface area contributed by atoms with Crippen molar-refractivity contribution in [3.8, 4) is 11.6 Å². The van der Waals surface area contributed by atoms with Crippen molar-refractivity contribution in [3.63, 3.8) is 0 Å². The molecule has 0 radical (unpaired) electrons. The Morgan fingerprint density at radius 1 is 1.24 bits per heavy atom. The molecule has 5 heteroatoms. The van der Waals surface area contributed by atoms with E-state index in [2.05, 4.69) is 10.3 Å². The van der Waals surface area contributed by atoms with Crippen molar-refractivity contribution >= 4 is 0 Å². The minimum atomic E-state index is -0.311. The normalized spacial score (nSPS) is 11.4. The third-order valence-corrected chi connectivity index (χ3v) is 3.05. The lowest BCUT2D eigenvalue weighted by Crippen LogP contribution is -2.34. The highest BCUT2D eigenvalue weighted by atomic mass is 16.5. The Labute approximate surface area is 124 Å². The summed E-state index contributed by atoms with van der Waals surface area (Å²) in [5.74, 6) is 0.694. The van der Waals surface area contributed by atoms with Crippen molar-refractivity contribution in [3.05, 3.63) is 52.6 Å². The van der Waals surface area contributed by atoms with Gasteiger partial charge in [-0.05, 0) is 45.5 Å². The molecule has 0 amide bonds. The van der Waals surface area contributed by atoms with Crippen molar-refractivity contribution < 1.29 is 4.74 Å². The van der Waals surface area contributed by atoms with Gasteiger partial charge in [0.2, 0.25) is 0 Å². The quantitative estimate of drug-likeness (QED) is 0.938. The molecule has 2 aromatic rings. The van der Waals surface area contributed by atoms with Gasteiger partial charge in [0, 0.05) is 24.5 Å². The second-order valence-electron chi connectivity index (χ2n) is 5.85. The Kier molecular flexibility index (Phi) is 4.43. The molecule has 0 aliphatic heterocycles. The Morgan fingerprint density at radius 2 is 1.90 bits per heavy atom. The van der Waals surface area contributed by atoms with Crippen LogP contribution in [0.25, 0.3) is 0 Å². The van der Waals surface area contributed by atoms with Gasteiger partial charge < -0.3 is 14.6 Å². The van der Waals surface area contributed by atoms with Crippen molar-refractivity contribution in [1.82, 2.24) is 14.9 Å². The molecule has 0 atom stereocenters. The van der Waals surface area contributed by atoms with E-state index in [-0.39, 0.29) is 17.0 Å². The molecule has 0 saturated carbocycles. The summed E-state index contributed by atoms with van der Waals surface area (Å²) in [7, 11) is 1.90. The van der Waals surface area contributed by atoms with Gasteiger partial charge in [0.15, 0.2) is 0 Å². The molecule has 0 unspecified atom stereocenters. The van der Waals surface area contributed by atoms with Crippen molar-refractivity contribution in [1.29, 1.82) is 0 Å². The number of aromatic nitrogens is 2. The Morgan fingerprint density at radius 3 is 2.48 bits per heavy atom. The van der Waals surface area contributed by atoms with Gasteiger partial charge in [-0.25, -0.2) is 4.98 Å². The molecule has 21 heavy (non-hydrogen) atoms. The largest absolute Gasteiger partial charge is 0.435 e. The predicted molar refractivity (Wildman–Crippen MR) is 82.8 cm³/mol. The van der Waals surface area contributed by atoms with Gasteiger partial charge in [-0.15, -0.1) is 0 Å². The van der Waals surface area contributed by atoms with Crippen LogP contribution in [0.1, 0.15) is 26.3 Å². The standard InChI is InChI=1S/C16H21N3O2/c1-16(2,3)19-10-9-18-14(15(19)20)21-13-7-5-12(6-8-13)11-17-4/h5-10,17H,11H2,1-4H3. The van der Waals surface area contributed by atoms with E-state index in [1.807, 2.05) is 52.1 Å². The molecule has 5 nitrogen and oxygen atoms in total. The number of hydrogen-bond donors (Lipinski definition) is 1. The molecule has 1 aromatic carbocycles. The van der Waals surface area contributed by atoms with E-state index in [9.17, 15) is 4.79 Å². The molecule has 0 aliphatic rings. The van der Waals surface area contributed by atoms with Crippen LogP contribution < -0.4 is 15.6 Å². The van der Waals surface area contributed by atoms with E-state index in [0.717, 1.165) is 12.1 Å². The third-order valence-electron chi connectivity index (χ3n) is 3.05. The van der Waals surface area contributed by atoms with Crippen LogP contribution in [0.2, 0.25) is 0 Å². The zero-order valence-electron chi connectivity index (χ0n) is 12.9. The summed E-state index contributed by atoms with van der Waals surface area (Å²) in [5, 5.41) is 3.08. The van der Waals surface area contributed by atoms with Crippen LogP contribution in [-0.4, -0.2) is 16.6 Å². The summed E-state index contributed by atoms with van der Waals surface area (Å²) in [6, 6.07) is 7.58. The van der Waals surface area contributed by atoms with E-state index >= 15 is 0 Å². The fourth-order valence-electron chi connectivity index (χ4n) is 1.98. The SMILES string of the molecule is CNCc1ccc(Oc2nccn(C(C)(C)C)c2=O)cc1. The molecule has 0 saturated heterocycles. The molecule has 1 N–H and O–H groups in total. The zero-order chi connectivity index (χ0) is 15.5. The zero-order valence-corrected chi connectivity index (χ0v) is 12.9. The van der Waals surface area contributed by atoms with Crippen molar-refractivity contribution in [2.45, 2.75) is 32.9 Å². The lowest BCUT2D eigenvalue weighted by atomic mass is 10.1. The first-order valence-electron chi connectivity index (χ1n) is 6.91. The molecular formula is C16H21N3O2. The molecular weight excluding hydrogens is 266 g/mol. The first-order valence-corrected chi connectivity index (χ1v) is 6.91. The smallest absolute Gasteiger partial charge is 0.314 e. The number of ether oxygens (including phenoxy) is 1. The number of nitrogens with one attached hydrogen (secondary N) is 1. The maximum absolute atomic E-state index is 12.4. The first kappa shape index (κ1) is 15.3. The molecule has 2 rings (SSSR count). The van der Waals surface area contributed by atoms with Gasteiger partial charge in [-0.2, -0.15) is 0 Å². The van der Waals surface area contributed by atoms with Gasteiger partial charge in [0.05, 0.1) is 0 Å². The van der Waals surface area contributed by atoms with Crippen LogP contribution in [0.4, 0.5) is 0 Å². The topological polar surface area (TPSA) is 56.1 Å². The highest BCUT2D eigenvalue weighted by molar-refractivity contribution is 5.30. The van der Waals surface area contributed by atoms with Gasteiger partial charge in [-0.1, -0.05) is 12.1 Å². The molecule has 0 spiro atoms. The highest BCUT2D eigenvalue weighted by Crippen LogP contribution is 2.18. The summed E-state index contributed by atoms with van der Waals surface area (Å²) < 4.78 is 7.23. The maximum atomic E-state index is 12.4. The molecule has 1 heterocycles. The molecule has 1 aromatic heterocycles. The van der Waals surface area contributed by atoms with E-state index in [4.69, 9.17) is 4.74 Å². The number of hydrogen-bond acceptors (Lipinski definition) is 4. The Balaban J connectivity index is 2.26. The maximum Gasteiger partial charge on any atom is 0.314 e. The lowest BCUT2D eigenvalue weighted by molar-refractivity contribution is 0.363. The second-order valence-corrected chi connectivity index (χ2v) is 5.85. The summed E-state index contributed by atoms with van der Waals surface area (Å²) in [6.07, 6.45) is 3.25. The fraction of sp³-hybridized carbons (Fsp3) is 0.375. The fourth-order valence-corrected chi connectivity index (χ4v) is 1.98. The third kappa shape index (κ3) is 3.70. The monoisotopic (exact) mass is 287 g/mol. The van der Waals surface area contributed by atoms with Gasteiger partial charge in [0.1, 0.15) is 5.75 Å². The lowest BCUT2D eigenvalue weighted by Gasteiger charge is -2.22. The first-order chi connectivity index (χ1) is 9.91. The minimum absolute atomic E-state index is 0.0915. The van der Waals surface area contributed by atoms with E-state index in [0.29, 0.717) is 5.75 Å². The molecule has 0 fully saturated rings. The molecule has 0 bridgehead atoms. The average Bonchev–Trinajstić information content (AvgIpc) is 2.42. The Hall–Kier alpha value is -2.14. The van der Waals surface area contributed by atoms with Gasteiger partial charge in [-0.3, -0.25) is 4.79 Å². The summed E-state index contributed by atoms with van der Waals surface area (Å²) in [5.41, 5.74) is 0.608. The highest BCUT2D eigenvalue weighted by Gasteiger charge is 2.17. The van der Waals surface area contributed by atoms with E-state index in [1.54, 1.807) is 17.0 Å². The average molecular weight is 287 g/mol. The number of nitrogens with zero attached hydrogens (tertiary/aromatic N) is 2. The van der Waals surface area contributed by atoms with Gasteiger partial charge in [0.25, 0.3) is 5.88 Å². The predicted octanol–water partition coefficient (Wildman–Crippen LogP) is 2.51. The van der Waals surface area contributed by atoms with Crippen molar-refractivity contribution in [2.24, 2.45) is 0 Å².